The van der Waals surface area contributed by atoms with Gasteiger partial charge < -0.3 is 15.4 Å². The Labute approximate surface area is 119 Å². The lowest BCUT2D eigenvalue weighted by molar-refractivity contribution is -0.109. The van der Waals surface area contributed by atoms with Crippen molar-refractivity contribution in [2.75, 3.05) is 6.54 Å². The Kier molecular flexibility index (Phi) is 6.03. The number of hydrogen-bond acceptors (Lipinski definition) is 3. The molecule has 1 atom stereocenters. The fraction of sp³-hybridized carbons (Fsp3) is 0.467. The van der Waals surface area contributed by atoms with E-state index in [1.54, 1.807) is 0 Å². The highest BCUT2D eigenvalue weighted by Crippen LogP contribution is 2.08. The molecule has 1 aromatic rings. The Bertz CT molecular complexity index is 426. The Morgan fingerprint density at radius 1 is 1.30 bits per heavy atom. The molecule has 0 aromatic heterocycles. The maximum atomic E-state index is 11.8. The molecule has 0 saturated heterocycles. The van der Waals surface area contributed by atoms with Crippen molar-refractivity contribution in [1.82, 2.24) is 10.6 Å². The summed E-state index contributed by atoms with van der Waals surface area (Å²) in [6, 6.07) is 9.55. The molecule has 0 heterocycles. The van der Waals surface area contributed by atoms with Crippen molar-refractivity contribution in [2.45, 2.75) is 38.8 Å². The number of carbonyl (C=O) groups excluding carboxylic acids is 2. The molecule has 2 amide bonds. The second-order valence-corrected chi connectivity index (χ2v) is 5.56. The van der Waals surface area contributed by atoms with Crippen LogP contribution >= 0.6 is 0 Å². The number of nitrogens with one attached hydrogen (secondary N) is 2. The molecule has 0 aliphatic rings. The lowest BCUT2D eigenvalue weighted by atomic mass is 10.1. The van der Waals surface area contributed by atoms with Crippen molar-refractivity contribution in [3.63, 3.8) is 0 Å². The lowest BCUT2D eigenvalue weighted by Gasteiger charge is -2.23. The van der Waals surface area contributed by atoms with Crippen LogP contribution in [0.15, 0.2) is 30.3 Å². The molecule has 20 heavy (non-hydrogen) atoms. The van der Waals surface area contributed by atoms with Crippen LogP contribution in [0.5, 0.6) is 0 Å². The first-order chi connectivity index (χ1) is 9.40. The van der Waals surface area contributed by atoms with Crippen LogP contribution in [0, 0.1) is 0 Å². The average molecular weight is 278 g/mol. The molecule has 0 spiro atoms. The summed E-state index contributed by atoms with van der Waals surface area (Å²) >= 11 is 0. The van der Waals surface area contributed by atoms with Crippen molar-refractivity contribution < 1.29 is 14.3 Å². The summed E-state index contributed by atoms with van der Waals surface area (Å²) in [5.41, 5.74) is 0.542. The smallest absolute Gasteiger partial charge is 0.407 e. The predicted octanol–water partition coefficient (Wildman–Crippen LogP) is 1.87. The summed E-state index contributed by atoms with van der Waals surface area (Å²) in [5.74, 6) is 0. The maximum Gasteiger partial charge on any atom is 0.407 e. The van der Waals surface area contributed by atoms with Gasteiger partial charge in [-0.1, -0.05) is 30.3 Å². The van der Waals surface area contributed by atoms with Crippen molar-refractivity contribution in [3.05, 3.63) is 35.9 Å². The summed E-state index contributed by atoms with van der Waals surface area (Å²) in [6.45, 7) is 5.78. The largest absolute Gasteiger partial charge is 0.444 e. The van der Waals surface area contributed by atoms with E-state index in [4.69, 9.17) is 4.74 Å². The van der Waals surface area contributed by atoms with Crippen LogP contribution in [0.25, 0.3) is 0 Å². The molecule has 0 aliphatic heterocycles. The van der Waals surface area contributed by atoms with E-state index >= 15 is 0 Å². The Hall–Kier alpha value is -2.04. The predicted molar refractivity (Wildman–Crippen MR) is 77.4 cm³/mol. The van der Waals surface area contributed by atoms with Gasteiger partial charge in [-0.2, -0.15) is 0 Å². The molecule has 0 saturated carbocycles. The molecule has 1 rings (SSSR count). The van der Waals surface area contributed by atoms with Gasteiger partial charge in [0.05, 0.1) is 6.04 Å². The summed E-state index contributed by atoms with van der Waals surface area (Å²) in [7, 11) is 0. The molecule has 5 heteroatoms. The molecule has 1 unspecified atom stereocenters. The third-order valence-electron chi connectivity index (χ3n) is 2.49. The zero-order valence-corrected chi connectivity index (χ0v) is 12.2. The first kappa shape index (κ1) is 16.0. The van der Waals surface area contributed by atoms with E-state index in [9.17, 15) is 9.59 Å². The minimum atomic E-state index is -0.542. The van der Waals surface area contributed by atoms with Gasteiger partial charge >= 0.3 is 6.09 Å². The number of benzene rings is 1. The normalized spacial score (nSPS) is 12.3. The fourth-order valence-electron chi connectivity index (χ4n) is 1.74. The van der Waals surface area contributed by atoms with E-state index in [0.29, 0.717) is 19.4 Å². The van der Waals surface area contributed by atoms with Crippen molar-refractivity contribution in [3.8, 4) is 0 Å². The van der Waals surface area contributed by atoms with Gasteiger partial charge in [0.15, 0.2) is 0 Å². The van der Waals surface area contributed by atoms with Crippen LogP contribution in [0.2, 0.25) is 0 Å². The second kappa shape index (κ2) is 7.53. The molecule has 2 N–H and O–H groups in total. The summed E-state index contributed by atoms with van der Waals surface area (Å²) in [5, 5.41) is 5.36. The standard InChI is InChI=1S/C15H22N2O3/c1-15(2,3)20-14(19)17-13(10-16-11-18)9-12-7-5-4-6-8-12/h4-8,11,13H,9-10H2,1-3H3,(H,16,18)(H,17,19). The molecule has 5 nitrogen and oxygen atoms in total. The number of amides is 2. The summed E-state index contributed by atoms with van der Waals surface area (Å²) in [4.78, 5) is 22.2. The van der Waals surface area contributed by atoms with E-state index < -0.39 is 11.7 Å². The van der Waals surface area contributed by atoms with Crippen LogP contribution in [-0.4, -0.2) is 30.7 Å². The third kappa shape index (κ3) is 6.78. The van der Waals surface area contributed by atoms with E-state index in [1.165, 1.54) is 0 Å². The van der Waals surface area contributed by atoms with Gasteiger partial charge in [0, 0.05) is 6.54 Å². The SMILES string of the molecule is CC(C)(C)OC(=O)NC(CNC=O)Cc1ccccc1. The first-order valence-electron chi connectivity index (χ1n) is 6.61. The average Bonchev–Trinajstić information content (AvgIpc) is 2.35. The molecule has 1 aromatic carbocycles. The topological polar surface area (TPSA) is 67.4 Å². The summed E-state index contributed by atoms with van der Waals surface area (Å²) in [6.07, 6.45) is 0.765. The highest BCUT2D eigenvalue weighted by molar-refractivity contribution is 5.68. The van der Waals surface area contributed by atoms with Crippen molar-refractivity contribution in [2.24, 2.45) is 0 Å². The minimum Gasteiger partial charge on any atom is -0.444 e. The van der Waals surface area contributed by atoms with Crippen molar-refractivity contribution in [1.29, 1.82) is 0 Å². The van der Waals surface area contributed by atoms with E-state index in [1.807, 2.05) is 51.1 Å². The molecule has 0 bridgehead atoms. The molecular formula is C15H22N2O3. The first-order valence-corrected chi connectivity index (χ1v) is 6.61. The maximum absolute atomic E-state index is 11.8. The van der Waals surface area contributed by atoms with E-state index in [2.05, 4.69) is 10.6 Å². The Morgan fingerprint density at radius 3 is 2.50 bits per heavy atom. The minimum absolute atomic E-state index is 0.211. The van der Waals surface area contributed by atoms with Crippen LogP contribution in [0.1, 0.15) is 26.3 Å². The van der Waals surface area contributed by atoms with Crippen LogP contribution in [0.4, 0.5) is 4.79 Å². The third-order valence-corrected chi connectivity index (χ3v) is 2.49. The highest BCUT2D eigenvalue weighted by Gasteiger charge is 2.19. The monoisotopic (exact) mass is 278 g/mol. The van der Waals surface area contributed by atoms with E-state index in [0.717, 1.165) is 5.56 Å². The van der Waals surface area contributed by atoms with E-state index in [-0.39, 0.29) is 6.04 Å². The number of hydrogen-bond donors (Lipinski definition) is 2. The quantitative estimate of drug-likeness (QED) is 0.781. The number of carbonyl (C=O) groups is 2. The van der Waals surface area contributed by atoms with Gasteiger partial charge in [0.2, 0.25) is 6.41 Å². The van der Waals surface area contributed by atoms with Gasteiger partial charge in [-0.05, 0) is 32.8 Å². The van der Waals surface area contributed by atoms with Crippen LogP contribution in [-0.2, 0) is 16.0 Å². The van der Waals surface area contributed by atoms with Gasteiger partial charge in [-0.25, -0.2) is 4.79 Å². The number of rotatable bonds is 6. The number of ether oxygens (including phenoxy) is 1. The molecular weight excluding hydrogens is 256 g/mol. The summed E-state index contributed by atoms with van der Waals surface area (Å²) < 4.78 is 5.22. The Morgan fingerprint density at radius 2 is 1.95 bits per heavy atom. The highest BCUT2D eigenvalue weighted by atomic mass is 16.6. The lowest BCUT2D eigenvalue weighted by Crippen LogP contribution is -2.45. The van der Waals surface area contributed by atoms with Gasteiger partial charge in [0.1, 0.15) is 5.60 Å². The molecule has 0 fully saturated rings. The molecule has 0 radical (unpaired) electrons. The molecule has 0 aliphatic carbocycles. The fourth-order valence-corrected chi connectivity index (χ4v) is 1.74. The van der Waals surface area contributed by atoms with Gasteiger partial charge in [0.25, 0.3) is 0 Å². The zero-order chi connectivity index (χ0) is 15.0. The number of alkyl carbamates (subject to hydrolysis) is 1. The second-order valence-electron chi connectivity index (χ2n) is 5.56. The van der Waals surface area contributed by atoms with Crippen molar-refractivity contribution >= 4 is 12.5 Å². The Balaban J connectivity index is 2.60. The van der Waals surface area contributed by atoms with Crippen LogP contribution in [0.3, 0.4) is 0 Å². The van der Waals surface area contributed by atoms with Gasteiger partial charge in [-0.15, -0.1) is 0 Å². The zero-order valence-electron chi connectivity index (χ0n) is 12.2. The van der Waals surface area contributed by atoms with Crippen LogP contribution < -0.4 is 10.6 Å². The van der Waals surface area contributed by atoms with Gasteiger partial charge in [-0.3, -0.25) is 4.79 Å². The molecule has 110 valence electrons.